The van der Waals surface area contributed by atoms with Gasteiger partial charge in [0.05, 0.1) is 13.0 Å². The molecule has 1 aliphatic rings. The minimum absolute atomic E-state index is 0.0398. The van der Waals surface area contributed by atoms with Crippen LogP contribution in [0.3, 0.4) is 0 Å². The molecular weight excluding hydrogens is 316 g/mol. The van der Waals surface area contributed by atoms with Gasteiger partial charge in [0.1, 0.15) is 17.6 Å². The highest BCUT2D eigenvalue weighted by atomic mass is 16.5. The number of hydrogen-bond donors (Lipinski definition) is 2. The third kappa shape index (κ3) is 4.24. The fraction of sp³-hybridized carbons (Fsp3) is 0.350. The molecule has 1 heterocycles. The van der Waals surface area contributed by atoms with E-state index in [1.54, 1.807) is 12.1 Å². The molecule has 132 valence electrons. The van der Waals surface area contributed by atoms with Crippen LogP contribution in [0.25, 0.3) is 0 Å². The first-order valence-electron chi connectivity index (χ1n) is 8.61. The zero-order valence-electron chi connectivity index (χ0n) is 14.7. The SMILES string of the molecule is CCOc1cc2c(cc1CNC(=O)Cc1ccc(N)cc1)OC(C)C2. The lowest BCUT2D eigenvalue weighted by atomic mass is 10.1. The minimum Gasteiger partial charge on any atom is -0.494 e. The molecule has 3 N–H and O–H groups in total. The van der Waals surface area contributed by atoms with E-state index in [9.17, 15) is 4.79 Å². The van der Waals surface area contributed by atoms with Gasteiger partial charge >= 0.3 is 0 Å². The Morgan fingerprint density at radius 2 is 2.08 bits per heavy atom. The number of carbonyl (C=O) groups is 1. The van der Waals surface area contributed by atoms with E-state index in [0.717, 1.165) is 34.6 Å². The lowest BCUT2D eigenvalue weighted by Gasteiger charge is -2.13. The van der Waals surface area contributed by atoms with E-state index in [2.05, 4.69) is 12.2 Å². The number of fused-ring (bicyclic) bond motifs is 1. The van der Waals surface area contributed by atoms with Crippen LogP contribution in [0.2, 0.25) is 0 Å². The molecule has 0 aliphatic carbocycles. The molecule has 2 aromatic rings. The first kappa shape index (κ1) is 17.1. The van der Waals surface area contributed by atoms with Gasteiger partial charge in [-0.3, -0.25) is 4.79 Å². The van der Waals surface area contributed by atoms with Gasteiger partial charge in [-0.2, -0.15) is 0 Å². The molecule has 25 heavy (non-hydrogen) atoms. The molecule has 0 spiro atoms. The molecular formula is C20H24N2O3. The average Bonchev–Trinajstić information content (AvgIpc) is 2.94. The predicted octanol–water partition coefficient (Wildman–Crippen LogP) is 2.85. The van der Waals surface area contributed by atoms with E-state index in [0.29, 0.717) is 25.3 Å². The Labute approximate surface area is 148 Å². The Morgan fingerprint density at radius 1 is 1.32 bits per heavy atom. The lowest BCUT2D eigenvalue weighted by molar-refractivity contribution is -0.120. The van der Waals surface area contributed by atoms with Gasteiger partial charge in [0.25, 0.3) is 0 Å². The average molecular weight is 340 g/mol. The number of nitrogens with one attached hydrogen (secondary N) is 1. The minimum atomic E-state index is -0.0398. The molecule has 0 saturated heterocycles. The van der Waals surface area contributed by atoms with Gasteiger partial charge in [-0.15, -0.1) is 0 Å². The molecule has 2 aromatic carbocycles. The van der Waals surface area contributed by atoms with Gasteiger partial charge < -0.3 is 20.5 Å². The Balaban J connectivity index is 1.66. The number of amides is 1. The van der Waals surface area contributed by atoms with Gasteiger partial charge in [0, 0.05) is 29.8 Å². The lowest BCUT2D eigenvalue weighted by Crippen LogP contribution is -2.24. The summed E-state index contributed by atoms with van der Waals surface area (Å²) >= 11 is 0. The Hall–Kier alpha value is -2.69. The van der Waals surface area contributed by atoms with Crippen LogP contribution in [0.5, 0.6) is 11.5 Å². The van der Waals surface area contributed by atoms with Crippen molar-refractivity contribution < 1.29 is 14.3 Å². The smallest absolute Gasteiger partial charge is 0.224 e. The fourth-order valence-corrected chi connectivity index (χ4v) is 2.99. The topological polar surface area (TPSA) is 73.6 Å². The second-order valence-corrected chi connectivity index (χ2v) is 6.33. The van der Waals surface area contributed by atoms with Crippen LogP contribution in [0.4, 0.5) is 5.69 Å². The van der Waals surface area contributed by atoms with Gasteiger partial charge in [0.2, 0.25) is 5.91 Å². The summed E-state index contributed by atoms with van der Waals surface area (Å²) in [4.78, 5) is 12.2. The van der Waals surface area contributed by atoms with Crippen molar-refractivity contribution in [3.05, 3.63) is 53.1 Å². The molecule has 0 fully saturated rings. The molecule has 5 nitrogen and oxygen atoms in total. The number of benzene rings is 2. The Kier molecular flexibility index (Phi) is 5.12. The van der Waals surface area contributed by atoms with Crippen molar-refractivity contribution in [2.24, 2.45) is 0 Å². The number of ether oxygens (including phenoxy) is 2. The quantitative estimate of drug-likeness (QED) is 0.793. The van der Waals surface area contributed by atoms with Crippen molar-refractivity contribution >= 4 is 11.6 Å². The maximum Gasteiger partial charge on any atom is 0.224 e. The van der Waals surface area contributed by atoms with E-state index in [1.807, 2.05) is 31.2 Å². The molecule has 1 atom stereocenters. The predicted molar refractivity (Wildman–Crippen MR) is 97.8 cm³/mol. The van der Waals surface area contributed by atoms with Crippen molar-refractivity contribution in [2.45, 2.75) is 39.3 Å². The van der Waals surface area contributed by atoms with E-state index in [-0.39, 0.29) is 12.0 Å². The highest BCUT2D eigenvalue weighted by molar-refractivity contribution is 5.78. The highest BCUT2D eigenvalue weighted by Crippen LogP contribution is 2.35. The van der Waals surface area contributed by atoms with Crippen LogP contribution < -0.4 is 20.5 Å². The van der Waals surface area contributed by atoms with Crippen molar-refractivity contribution in [1.82, 2.24) is 5.32 Å². The monoisotopic (exact) mass is 340 g/mol. The zero-order chi connectivity index (χ0) is 17.8. The van der Waals surface area contributed by atoms with Crippen molar-refractivity contribution in [3.63, 3.8) is 0 Å². The van der Waals surface area contributed by atoms with Gasteiger partial charge in [-0.1, -0.05) is 12.1 Å². The van der Waals surface area contributed by atoms with Crippen LogP contribution in [0.1, 0.15) is 30.5 Å². The second kappa shape index (κ2) is 7.47. The summed E-state index contributed by atoms with van der Waals surface area (Å²) in [5.74, 6) is 1.66. The third-order valence-electron chi connectivity index (χ3n) is 4.20. The van der Waals surface area contributed by atoms with Crippen LogP contribution in [-0.4, -0.2) is 18.6 Å². The van der Waals surface area contributed by atoms with E-state index in [4.69, 9.17) is 15.2 Å². The Morgan fingerprint density at radius 3 is 2.80 bits per heavy atom. The summed E-state index contributed by atoms with van der Waals surface area (Å²) in [5.41, 5.74) is 9.38. The van der Waals surface area contributed by atoms with E-state index >= 15 is 0 Å². The number of carbonyl (C=O) groups excluding carboxylic acids is 1. The summed E-state index contributed by atoms with van der Waals surface area (Å²) in [6.45, 7) is 5.00. The first-order chi connectivity index (χ1) is 12.0. The maximum atomic E-state index is 12.2. The molecule has 0 saturated carbocycles. The van der Waals surface area contributed by atoms with Crippen molar-refractivity contribution in [1.29, 1.82) is 0 Å². The number of anilines is 1. The highest BCUT2D eigenvalue weighted by Gasteiger charge is 2.22. The van der Waals surface area contributed by atoms with E-state index < -0.39 is 0 Å². The van der Waals surface area contributed by atoms with E-state index in [1.165, 1.54) is 0 Å². The maximum absolute atomic E-state index is 12.2. The summed E-state index contributed by atoms with van der Waals surface area (Å²) in [5, 5.41) is 2.96. The summed E-state index contributed by atoms with van der Waals surface area (Å²) in [6, 6.07) is 11.3. The largest absolute Gasteiger partial charge is 0.494 e. The van der Waals surface area contributed by atoms with Gasteiger partial charge in [0.15, 0.2) is 0 Å². The Bertz CT molecular complexity index is 756. The molecule has 1 amide bonds. The molecule has 0 radical (unpaired) electrons. The van der Waals surface area contributed by atoms with Crippen molar-refractivity contribution in [3.8, 4) is 11.5 Å². The van der Waals surface area contributed by atoms with Crippen LogP contribution in [0, 0.1) is 0 Å². The zero-order valence-corrected chi connectivity index (χ0v) is 14.7. The normalized spacial score (nSPS) is 15.4. The number of hydrogen-bond acceptors (Lipinski definition) is 4. The molecule has 5 heteroatoms. The van der Waals surface area contributed by atoms with Crippen molar-refractivity contribution in [2.75, 3.05) is 12.3 Å². The van der Waals surface area contributed by atoms with Gasteiger partial charge in [-0.05, 0) is 43.7 Å². The number of rotatable bonds is 6. The summed E-state index contributed by atoms with van der Waals surface area (Å²) in [6.07, 6.45) is 1.39. The third-order valence-corrected chi connectivity index (χ3v) is 4.20. The van der Waals surface area contributed by atoms with Crippen LogP contribution in [0.15, 0.2) is 36.4 Å². The fourth-order valence-electron chi connectivity index (χ4n) is 2.99. The molecule has 1 aliphatic heterocycles. The van der Waals surface area contributed by atoms with Crippen LogP contribution in [-0.2, 0) is 24.2 Å². The van der Waals surface area contributed by atoms with Crippen LogP contribution >= 0.6 is 0 Å². The number of nitrogen functional groups attached to an aromatic ring is 1. The first-order valence-corrected chi connectivity index (χ1v) is 8.61. The second-order valence-electron chi connectivity index (χ2n) is 6.33. The summed E-state index contributed by atoms with van der Waals surface area (Å²) in [7, 11) is 0. The molecule has 1 unspecified atom stereocenters. The molecule has 3 rings (SSSR count). The standard InChI is InChI=1S/C20H24N2O3/c1-3-24-18-10-15-8-13(2)25-19(15)11-16(18)12-22-20(23)9-14-4-6-17(21)7-5-14/h4-7,10-11,13H,3,8-9,12,21H2,1-2H3,(H,22,23). The number of nitrogens with two attached hydrogens (primary N) is 1. The summed E-state index contributed by atoms with van der Waals surface area (Å²) < 4.78 is 11.6. The van der Waals surface area contributed by atoms with Gasteiger partial charge in [-0.25, -0.2) is 0 Å². The molecule has 0 bridgehead atoms. The molecule has 0 aromatic heterocycles.